The number of carbonyl (C=O) groups excluding carboxylic acids is 1. The first-order valence-corrected chi connectivity index (χ1v) is 10.9. The molecule has 2 aliphatic carbocycles. The van der Waals surface area contributed by atoms with Crippen LogP contribution in [0.4, 0.5) is 0 Å². The van der Waals surface area contributed by atoms with Crippen LogP contribution in [0.25, 0.3) is 11.1 Å². The van der Waals surface area contributed by atoms with Gasteiger partial charge in [0, 0.05) is 18.7 Å². The smallest absolute Gasteiger partial charge is 0.335 e. The first-order valence-electron chi connectivity index (χ1n) is 10.9. The lowest BCUT2D eigenvalue weighted by atomic mass is 9.88. The van der Waals surface area contributed by atoms with Crippen LogP contribution in [0, 0.1) is 5.41 Å². The van der Waals surface area contributed by atoms with Gasteiger partial charge in [0.05, 0.1) is 12.7 Å². The lowest BCUT2D eigenvalue weighted by Crippen LogP contribution is -2.45. The number of carbonyl (C=O) groups is 2. The highest BCUT2D eigenvalue weighted by molar-refractivity contribution is 5.90. The van der Waals surface area contributed by atoms with Gasteiger partial charge in [-0.15, -0.1) is 0 Å². The molecule has 1 saturated heterocycles. The van der Waals surface area contributed by atoms with Gasteiger partial charge in [0.25, 0.3) is 5.91 Å². The number of benzene rings is 2. The summed E-state index contributed by atoms with van der Waals surface area (Å²) in [7, 11) is 1.55. The molecule has 1 heterocycles. The van der Waals surface area contributed by atoms with Crippen LogP contribution in [0.2, 0.25) is 0 Å². The van der Waals surface area contributed by atoms with Crippen molar-refractivity contribution in [2.24, 2.45) is 5.41 Å². The minimum absolute atomic E-state index is 0.0771. The Balaban J connectivity index is 1.27. The van der Waals surface area contributed by atoms with E-state index in [4.69, 9.17) is 4.74 Å². The SMILES string of the molecule is COc1cc(C(=O)O)ccc1-c1ccc([C@H]2CC23CCN(C(=O)C2(O)CC2)CC3)cc1. The minimum Gasteiger partial charge on any atom is -0.496 e. The van der Waals surface area contributed by atoms with Crippen LogP contribution in [0.5, 0.6) is 5.75 Å². The van der Waals surface area contributed by atoms with Crippen molar-refractivity contribution >= 4 is 11.9 Å². The summed E-state index contributed by atoms with van der Waals surface area (Å²) < 4.78 is 5.41. The minimum atomic E-state index is -1.06. The molecule has 0 radical (unpaired) electrons. The van der Waals surface area contributed by atoms with Gasteiger partial charge < -0.3 is 19.8 Å². The third kappa shape index (κ3) is 3.49. The van der Waals surface area contributed by atoms with Gasteiger partial charge >= 0.3 is 5.97 Å². The summed E-state index contributed by atoms with van der Waals surface area (Å²) in [5.74, 6) is 0.00836. The van der Waals surface area contributed by atoms with Crippen LogP contribution in [0.3, 0.4) is 0 Å². The number of carboxylic acid groups (broad SMARTS) is 1. The number of carboxylic acids is 1. The van der Waals surface area contributed by atoms with E-state index < -0.39 is 11.6 Å². The molecule has 31 heavy (non-hydrogen) atoms. The van der Waals surface area contributed by atoms with Gasteiger partial charge in [0.15, 0.2) is 0 Å². The van der Waals surface area contributed by atoms with Gasteiger partial charge in [-0.25, -0.2) is 4.79 Å². The topological polar surface area (TPSA) is 87.1 Å². The summed E-state index contributed by atoms with van der Waals surface area (Å²) in [4.78, 5) is 25.4. The van der Waals surface area contributed by atoms with Crippen LogP contribution in [0.15, 0.2) is 42.5 Å². The van der Waals surface area contributed by atoms with Crippen LogP contribution >= 0.6 is 0 Å². The Bertz CT molecular complexity index is 1030. The van der Waals surface area contributed by atoms with Crippen LogP contribution < -0.4 is 4.74 Å². The number of methoxy groups -OCH3 is 1. The number of hydrogen-bond acceptors (Lipinski definition) is 4. The van der Waals surface area contributed by atoms with Gasteiger partial charge in [0.1, 0.15) is 11.4 Å². The van der Waals surface area contributed by atoms with E-state index in [0.717, 1.165) is 43.5 Å². The first kappa shape index (κ1) is 20.1. The van der Waals surface area contributed by atoms with E-state index in [9.17, 15) is 19.8 Å². The molecule has 2 aromatic rings. The lowest BCUT2D eigenvalue weighted by Gasteiger charge is -2.34. The number of likely N-dealkylation sites (tertiary alicyclic amines) is 1. The molecule has 2 aromatic carbocycles. The van der Waals surface area contributed by atoms with E-state index >= 15 is 0 Å². The summed E-state index contributed by atoms with van der Waals surface area (Å²) in [5.41, 5.74) is 2.60. The monoisotopic (exact) mass is 421 g/mol. The van der Waals surface area contributed by atoms with Gasteiger partial charge in [-0.3, -0.25) is 4.79 Å². The highest BCUT2D eigenvalue weighted by Gasteiger charge is 2.57. The predicted octanol–water partition coefficient (Wildman–Crippen LogP) is 3.68. The summed E-state index contributed by atoms with van der Waals surface area (Å²) in [5, 5.41) is 19.3. The van der Waals surface area contributed by atoms with E-state index in [1.54, 1.807) is 25.3 Å². The van der Waals surface area contributed by atoms with E-state index in [1.807, 2.05) is 4.90 Å². The fourth-order valence-electron chi connectivity index (χ4n) is 5.11. The second-order valence-corrected chi connectivity index (χ2v) is 9.29. The lowest BCUT2D eigenvalue weighted by molar-refractivity contribution is -0.144. The second kappa shape index (κ2) is 7.09. The van der Waals surface area contributed by atoms with Crippen molar-refractivity contribution in [2.75, 3.05) is 20.2 Å². The number of rotatable bonds is 5. The molecule has 1 amide bonds. The van der Waals surface area contributed by atoms with E-state index in [0.29, 0.717) is 24.5 Å². The molecule has 0 aromatic heterocycles. The van der Waals surface area contributed by atoms with Crippen LogP contribution in [-0.2, 0) is 4.79 Å². The second-order valence-electron chi connectivity index (χ2n) is 9.29. The molecule has 1 spiro atoms. The molecule has 0 bridgehead atoms. The Hall–Kier alpha value is -2.86. The number of ether oxygens (including phenoxy) is 1. The van der Waals surface area contributed by atoms with E-state index in [1.165, 1.54) is 5.56 Å². The van der Waals surface area contributed by atoms with Crippen LogP contribution in [-0.4, -0.2) is 52.8 Å². The molecule has 0 unspecified atom stereocenters. The number of hydrogen-bond donors (Lipinski definition) is 2. The van der Waals surface area contributed by atoms with Crippen molar-refractivity contribution in [1.82, 2.24) is 4.90 Å². The molecule has 1 atom stereocenters. The molecule has 3 aliphatic rings. The van der Waals surface area contributed by atoms with Crippen LogP contribution in [0.1, 0.15) is 53.9 Å². The Morgan fingerprint density at radius 3 is 2.29 bits per heavy atom. The van der Waals surface area contributed by atoms with E-state index in [2.05, 4.69) is 24.3 Å². The number of aliphatic hydroxyl groups is 1. The molecule has 3 fully saturated rings. The molecule has 2 saturated carbocycles. The molecular weight excluding hydrogens is 394 g/mol. The van der Waals surface area contributed by atoms with Crippen molar-refractivity contribution in [3.05, 3.63) is 53.6 Å². The maximum Gasteiger partial charge on any atom is 0.335 e. The van der Waals surface area contributed by atoms with Crippen molar-refractivity contribution in [2.45, 2.75) is 43.6 Å². The Morgan fingerprint density at radius 1 is 1.03 bits per heavy atom. The molecule has 6 nitrogen and oxygen atoms in total. The number of amides is 1. The average molecular weight is 421 g/mol. The summed E-state index contributed by atoms with van der Waals surface area (Å²) in [6, 6.07) is 13.4. The third-order valence-electron chi connectivity index (χ3n) is 7.43. The molecular formula is C25H27NO5. The first-order chi connectivity index (χ1) is 14.8. The molecule has 2 N–H and O–H groups in total. The van der Waals surface area contributed by atoms with Crippen molar-refractivity contribution in [1.29, 1.82) is 0 Å². The molecule has 6 heteroatoms. The van der Waals surface area contributed by atoms with Crippen molar-refractivity contribution in [3.63, 3.8) is 0 Å². The predicted molar refractivity (Wildman–Crippen MR) is 115 cm³/mol. The maximum absolute atomic E-state index is 12.4. The zero-order valence-electron chi connectivity index (χ0n) is 17.6. The molecule has 1 aliphatic heterocycles. The summed E-state index contributed by atoms with van der Waals surface area (Å²) in [6.45, 7) is 1.48. The highest BCUT2D eigenvalue weighted by Crippen LogP contribution is 2.65. The zero-order chi connectivity index (χ0) is 21.8. The zero-order valence-corrected chi connectivity index (χ0v) is 17.6. The van der Waals surface area contributed by atoms with Crippen molar-refractivity contribution in [3.8, 4) is 16.9 Å². The summed E-state index contributed by atoms with van der Waals surface area (Å²) >= 11 is 0. The quantitative estimate of drug-likeness (QED) is 0.769. The normalized spacial score (nSPS) is 22.8. The molecule has 162 valence electrons. The Kier molecular flexibility index (Phi) is 4.59. The number of piperidine rings is 1. The van der Waals surface area contributed by atoms with Gasteiger partial charge in [0.2, 0.25) is 0 Å². The highest BCUT2D eigenvalue weighted by atomic mass is 16.5. The summed E-state index contributed by atoms with van der Waals surface area (Å²) in [6.07, 6.45) is 4.34. The third-order valence-corrected chi connectivity index (χ3v) is 7.43. The van der Waals surface area contributed by atoms with E-state index in [-0.39, 0.29) is 16.9 Å². The standard InChI is InChI=1S/C25H27NO5/c1-31-21-14-18(22(27)28)6-7-19(21)16-2-4-17(5-3-16)20-15-24(20)10-12-26(13-11-24)23(29)25(30)8-9-25/h2-7,14,20,30H,8-13,15H2,1H3,(H,27,28)/t20-/m1/s1. The Labute approximate surface area is 181 Å². The maximum atomic E-state index is 12.4. The van der Waals surface area contributed by atoms with Gasteiger partial charge in [-0.2, -0.15) is 0 Å². The number of nitrogens with zero attached hydrogens (tertiary/aromatic N) is 1. The van der Waals surface area contributed by atoms with Crippen molar-refractivity contribution < 1.29 is 24.5 Å². The van der Waals surface area contributed by atoms with Gasteiger partial charge in [-0.05, 0) is 72.8 Å². The van der Waals surface area contributed by atoms with Gasteiger partial charge in [-0.1, -0.05) is 24.3 Å². The fourth-order valence-corrected chi connectivity index (χ4v) is 5.11. The Morgan fingerprint density at radius 2 is 1.71 bits per heavy atom. The molecule has 5 rings (SSSR count). The average Bonchev–Trinajstić information content (AvgIpc) is 3.71. The number of aromatic carboxylic acids is 1. The largest absolute Gasteiger partial charge is 0.496 e. The fraction of sp³-hybridized carbons (Fsp3) is 0.440.